The summed E-state index contributed by atoms with van der Waals surface area (Å²) in [5, 5.41) is 3.91. The Morgan fingerprint density at radius 1 is 1.36 bits per heavy atom. The average Bonchev–Trinajstić information content (AvgIpc) is 2.66. The minimum absolute atomic E-state index is 0.0775. The molecular weight excluding hydrogens is 314 g/mol. The number of aromatic nitrogens is 1. The lowest BCUT2D eigenvalue weighted by Gasteiger charge is -2.42. The molecule has 1 aliphatic heterocycles. The van der Waals surface area contributed by atoms with Gasteiger partial charge in [0.2, 0.25) is 5.91 Å². The molecule has 5 heteroatoms. The quantitative estimate of drug-likeness (QED) is 0.878. The van der Waals surface area contributed by atoms with E-state index >= 15 is 0 Å². The molecule has 1 saturated heterocycles. The number of likely N-dealkylation sites (tertiary alicyclic amines) is 1. The molecule has 2 aromatic rings. The Labute approximate surface area is 149 Å². The second-order valence-corrected chi connectivity index (χ2v) is 6.86. The summed E-state index contributed by atoms with van der Waals surface area (Å²) in [6, 6.07) is 10.4. The Kier molecular flexibility index (Phi) is 5.66. The van der Waals surface area contributed by atoms with Crippen LogP contribution in [0.1, 0.15) is 31.2 Å². The fraction of sp³-hybridized carbons (Fsp3) is 0.500. The van der Waals surface area contributed by atoms with Gasteiger partial charge in [-0.25, -0.2) is 0 Å². The summed E-state index contributed by atoms with van der Waals surface area (Å²) in [6.45, 7) is 2.80. The Morgan fingerprint density at radius 2 is 2.20 bits per heavy atom. The zero-order chi connectivity index (χ0) is 17.7. The van der Waals surface area contributed by atoms with E-state index in [-0.39, 0.29) is 11.5 Å². The first kappa shape index (κ1) is 17.8. The average molecular weight is 341 g/mol. The van der Waals surface area contributed by atoms with Crippen molar-refractivity contribution in [3.63, 3.8) is 0 Å². The Morgan fingerprint density at radius 3 is 3.00 bits per heavy atom. The third-order valence-corrected chi connectivity index (χ3v) is 5.27. The summed E-state index contributed by atoms with van der Waals surface area (Å²) in [4.78, 5) is 18.5. The fourth-order valence-electron chi connectivity index (χ4n) is 3.80. The maximum atomic E-state index is 11.6. The SMILES string of the molecule is CNC(=O)CC[C@]1(OC)CCCN(Cc2ccnc3ccccc23)C1. The number of ether oxygens (including phenoxy) is 1. The van der Waals surface area contributed by atoms with E-state index in [4.69, 9.17) is 4.74 Å². The summed E-state index contributed by atoms with van der Waals surface area (Å²) in [5.41, 5.74) is 2.10. The predicted octanol–water partition coefficient (Wildman–Crippen LogP) is 2.74. The van der Waals surface area contributed by atoms with Crippen LogP contribution in [0.15, 0.2) is 36.5 Å². The largest absolute Gasteiger partial charge is 0.377 e. The number of pyridine rings is 1. The standard InChI is InChI=1S/C20H27N3O2/c1-21-19(24)8-11-20(25-2)10-5-13-23(15-20)14-16-9-12-22-18-7-4-3-6-17(16)18/h3-4,6-7,9,12H,5,8,10-11,13-15H2,1-2H3,(H,21,24)/t20-/m1/s1. The number of rotatable bonds is 6. The molecule has 134 valence electrons. The van der Waals surface area contributed by atoms with E-state index in [0.717, 1.165) is 44.4 Å². The second-order valence-electron chi connectivity index (χ2n) is 6.86. The number of hydrogen-bond acceptors (Lipinski definition) is 4. The van der Waals surface area contributed by atoms with Crippen LogP contribution in [0.5, 0.6) is 0 Å². The Bertz CT molecular complexity index is 728. The number of carbonyl (C=O) groups excluding carboxylic acids is 1. The highest BCUT2D eigenvalue weighted by molar-refractivity contribution is 5.81. The molecule has 0 saturated carbocycles. The molecule has 0 bridgehead atoms. The number of benzene rings is 1. The van der Waals surface area contributed by atoms with Crippen LogP contribution in [0, 0.1) is 0 Å². The predicted molar refractivity (Wildman–Crippen MR) is 99.3 cm³/mol. The fourth-order valence-corrected chi connectivity index (χ4v) is 3.80. The Balaban J connectivity index is 1.73. The van der Waals surface area contributed by atoms with Crippen LogP contribution in [0.4, 0.5) is 0 Å². The molecule has 1 aromatic heterocycles. The van der Waals surface area contributed by atoms with Crippen LogP contribution in [0.2, 0.25) is 0 Å². The molecule has 25 heavy (non-hydrogen) atoms. The maximum Gasteiger partial charge on any atom is 0.219 e. The third-order valence-electron chi connectivity index (χ3n) is 5.27. The number of fused-ring (bicyclic) bond motifs is 1. The molecule has 5 nitrogen and oxygen atoms in total. The summed E-state index contributed by atoms with van der Waals surface area (Å²) >= 11 is 0. The van der Waals surface area contributed by atoms with Crippen molar-refractivity contribution in [2.75, 3.05) is 27.2 Å². The van der Waals surface area contributed by atoms with Crippen LogP contribution >= 0.6 is 0 Å². The van der Waals surface area contributed by atoms with Crippen molar-refractivity contribution < 1.29 is 9.53 Å². The van der Waals surface area contributed by atoms with E-state index in [1.54, 1.807) is 14.2 Å². The molecule has 1 atom stereocenters. The molecule has 0 radical (unpaired) electrons. The molecule has 1 aromatic carbocycles. The molecule has 0 unspecified atom stereocenters. The number of nitrogens with one attached hydrogen (secondary N) is 1. The molecule has 1 fully saturated rings. The highest BCUT2D eigenvalue weighted by Gasteiger charge is 2.35. The lowest BCUT2D eigenvalue weighted by molar-refractivity contribution is -0.124. The van der Waals surface area contributed by atoms with Gasteiger partial charge < -0.3 is 10.1 Å². The van der Waals surface area contributed by atoms with Crippen LogP contribution < -0.4 is 5.32 Å². The highest BCUT2D eigenvalue weighted by atomic mass is 16.5. The lowest BCUT2D eigenvalue weighted by Crippen LogP contribution is -2.49. The topological polar surface area (TPSA) is 54.5 Å². The number of nitrogens with zero attached hydrogens (tertiary/aromatic N) is 2. The van der Waals surface area contributed by atoms with Gasteiger partial charge >= 0.3 is 0 Å². The zero-order valence-electron chi connectivity index (χ0n) is 15.1. The van der Waals surface area contributed by atoms with Crippen LogP contribution in [-0.4, -0.2) is 48.6 Å². The van der Waals surface area contributed by atoms with E-state index in [1.807, 2.05) is 12.3 Å². The normalized spacial score (nSPS) is 21.4. The van der Waals surface area contributed by atoms with E-state index in [9.17, 15) is 4.79 Å². The van der Waals surface area contributed by atoms with Gasteiger partial charge in [-0.1, -0.05) is 18.2 Å². The van der Waals surface area contributed by atoms with E-state index in [0.29, 0.717) is 6.42 Å². The van der Waals surface area contributed by atoms with Gasteiger partial charge in [-0.2, -0.15) is 0 Å². The summed E-state index contributed by atoms with van der Waals surface area (Å²) in [7, 11) is 3.46. The van der Waals surface area contributed by atoms with Crippen LogP contribution in [0.3, 0.4) is 0 Å². The minimum Gasteiger partial charge on any atom is -0.377 e. The number of carbonyl (C=O) groups is 1. The molecular formula is C20H27N3O2. The molecule has 3 rings (SSSR count). The van der Waals surface area contributed by atoms with Gasteiger partial charge in [-0.3, -0.25) is 14.7 Å². The minimum atomic E-state index is -0.229. The van der Waals surface area contributed by atoms with E-state index in [2.05, 4.69) is 39.5 Å². The number of methoxy groups -OCH3 is 1. The molecule has 2 heterocycles. The first-order chi connectivity index (χ1) is 12.2. The van der Waals surface area contributed by atoms with Gasteiger partial charge in [0.05, 0.1) is 11.1 Å². The van der Waals surface area contributed by atoms with E-state index < -0.39 is 0 Å². The molecule has 0 aliphatic carbocycles. The van der Waals surface area contributed by atoms with Crippen molar-refractivity contribution in [2.24, 2.45) is 0 Å². The smallest absolute Gasteiger partial charge is 0.219 e. The highest BCUT2D eigenvalue weighted by Crippen LogP contribution is 2.30. The van der Waals surface area contributed by atoms with E-state index in [1.165, 1.54) is 10.9 Å². The van der Waals surface area contributed by atoms with Crippen molar-refractivity contribution in [1.29, 1.82) is 0 Å². The van der Waals surface area contributed by atoms with Gasteiger partial charge in [-0.05, 0) is 43.5 Å². The number of amides is 1. The van der Waals surface area contributed by atoms with Gasteiger partial charge in [0.25, 0.3) is 0 Å². The summed E-state index contributed by atoms with van der Waals surface area (Å²) in [6.07, 6.45) is 5.25. The van der Waals surface area contributed by atoms with Crippen molar-refractivity contribution in [1.82, 2.24) is 15.2 Å². The third kappa shape index (κ3) is 4.17. The second kappa shape index (κ2) is 7.93. The maximum absolute atomic E-state index is 11.6. The monoisotopic (exact) mass is 341 g/mol. The van der Waals surface area contributed by atoms with Gasteiger partial charge in [0, 0.05) is 45.3 Å². The molecule has 1 aliphatic rings. The number of hydrogen-bond donors (Lipinski definition) is 1. The summed E-state index contributed by atoms with van der Waals surface area (Å²) < 4.78 is 5.90. The lowest BCUT2D eigenvalue weighted by atomic mass is 9.87. The van der Waals surface area contributed by atoms with Gasteiger partial charge in [0.15, 0.2) is 0 Å². The van der Waals surface area contributed by atoms with Crippen LogP contribution in [0.25, 0.3) is 10.9 Å². The van der Waals surface area contributed by atoms with Gasteiger partial charge in [-0.15, -0.1) is 0 Å². The Hall–Kier alpha value is -1.98. The van der Waals surface area contributed by atoms with Crippen molar-refractivity contribution >= 4 is 16.8 Å². The zero-order valence-corrected chi connectivity index (χ0v) is 15.1. The first-order valence-electron chi connectivity index (χ1n) is 8.96. The van der Waals surface area contributed by atoms with Crippen molar-refractivity contribution in [3.05, 3.63) is 42.1 Å². The van der Waals surface area contributed by atoms with Crippen molar-refractivity contribution in [2.45, 2.75) is 37.8 Å². The van der Waals surface area contributed by atoms with Gasteiger partial charge in [0.1, 0.15) is 0 Å². The van der Waals surface area contributed by atoms with Crippen LogP contribution in [-0.2, 0) is 16.1 Å². The molecule has 0 spiro atoms. The van der Waals surface area contributed by atoms with Crippen molar-refractivity contribution in [3.8, 4) is 0 Å². The first-order valence-corrected chi connectivity index (χ1v) is 8.96. The molecule has 1 amide bonds. The number of para-hydroxylation sites is 1. The molecule has 1 N–H and O–H groups in total. The number of piperidine rings is 1. The summed E-state index contributed by atoms with van der Waals surface area (Å²) in [5.74, 6) is 0.0775.